The fourth-order valence-electron chi connectivity index (χ4n) is 2.72. The molecular weight excluding hydrogens is 372 g/mol. The van der Waals surface area contributed by atoms with Crippen molar-refractivity contribution in [3.63, 3.8) is 0 Å². The Balaban J connectivity index is 1.76. The molecule has 0 bridgehead atoms. The lowest BCUT2D eigenvalue weighted by Crippen LogP contribution is -2.32. The van der Waals surface area contributed by atoms with Crippen LogP contribution in [0.4, 0.5) is 5.69 Å². The van der Waals surface area contributed by atoms with Crippen molar-refractivity contribution in [2.24, 2.45) is 0 Å². The molecule has 1 amide bonds. The summed E-state index contributed by atoms with van der Waals surface area (Å²) in [4.78, 5) is 30.9. The number of methoxy groups -OCH3 is 2. The summed E-state index contributed by atoms with van der Waals surface area (Å²) in [6, 6.07) is 15.7. The topological polar surface area (TPSA) is 78.8 Å². The number of nitrogens with one attached hydrogen (secondary N) is 1. The van der Waals surface area contributed by atoms with E-state index in [1.165, 1.54) is 19.4 Å². The molecule has 150 valence electrons. The minimum atomic E-state index is -0.551. The molecule has 0 unspecified atom stereocenters. The summed E-state index contributed by atoms with van der Waals surface area (Å²) in [6.07, 6.45) is 1.47. The van der Waals surface area contributed by atoms with Crippen molar-refractivity contribution >= 4 is 11.6 Å². The number of hydrogen-bond donors (Lipinski definition) is 1. The largest absolute Gasteiger partial charge is 0.497 e. The highest BCUT2D eigenvalue weighted by Crippen LogP contribution is 2.25. The molecule has 2 aromatic carbocycles. The number of amides is 1. The van der Waals surface area contributed by atoms with Crippen LogP contribution in [0.25, 0.3) is 0 Å². The van der Waals surface area contributed by atoms with Gasteiger partial charge in [0.05, 0.1) is 19.9 Å². The summed E-state index contributed by atoms with van der Waals surface area (Å²) in [7, 11) is 3.11. The van der Waals surface area contributed by atoms with Crippen LogP contribution in [-0.2, 0) is 6.61 Å². The summed E-state index contributed by atoms with van der Waals surface area (Å²) < 4.78 is 11.4. The van der Waals surface area contributed by atoms with Gasteiger partial charge in [-0.15, -0.1) is 0 Å². The van der Waals surface area contributed by atoms with Crippen LogP contribution in [0, 0.1) is 6.92 Å². The van der Waals surface area contributed by atoms with Crippen molar-refractivity contribution in [2.75, 3.05) is 19.5 Å². The van der Waals surface area contributed by atoms with Gasteiger partial charge in [-0.05, 0) is 54.4 Å². The van der Waals surface area contributed by atoms with Crippen LogP contribution in [0.2, 0.25) is 0 Å². The lowest BCUT2D eigenvalue weighted by Gasteiger charge is -2.12. The average Bonchev–Trinajstić information content (AvgIpc) is 2.73. The van der Waals surface area contributed by atoms with E-state index in [1.54, 1.807) is 37.4 Å². The standard InChI is InChI=1S/C22H22N2O5/c1-15-6-11-20(28-3)19(13-15)23-21(25)18-5-4-12-24(22(18)26)29-14-16-7-9-17(27-2)10-8-16/h4-13H,14H2,1-3H3,(H,23,25). The van der Waals surface area contributed by atoms with Crippen LogP contribution in [0.5, 0.6) is 11.5 Å². The van der Waals surface area contributed by atoms with Gasteiger partial charge in [-0.25, -0.2) is 0 Å². The van der Waals surface area contributed by atoms with E-state index in [0.717, 1.165) is 21.6 Å². The third kappa shape index (κ3) is 4.76. The summed E-state index contributed by atoms with van der Waals surface area (Å²) in [5, 5.41) is 2.73. The van der Waals surface area contributed by atoms with E-state index >= 15 is 0 Å². The Bertz CT molecular complexity index is 1060. The zero-order valence-corrected chi connectivity index (χ0v) is 16.5. The molecule has 0 fully saturated rings. The molecule has 0 saturated carbocycles. The van der Waals surface area contributed by atoms with Gasteiger partial charge in [-0.2, -0.15) is 4.73 Å². The van der Waals surface area contributed by atoms with Crippen LogP contribution in [0.3, 0.4) is 0 Å². The van der Waals surface area contributed by atoms with Crippen molar-refractivity contribution in [3.05, 3.63) is 87.8 Å². The van der Waals surface area contributed by atoms with E-state index in [9.17, 15) is 9.59 Å². The monoisotopic (exact) mass is 394 g/mol. The number of carbonyl (C=O) groups excluding carboxylic acids is 1. The van der Waals surface area contributed by atoms with Gasteiger partial charge in [0.1, 0.15) is 23.7 Å². The Labute approximate surface area is 168 Å². The summed E-state index contributed by atoms with van der Waals surface area (Å²) in [5.74, 6) is 0.702. The van der Waals surface area contributed by atoms with Crippen molar-refractivity contribution in [3.8, 4) is 11.5 Å². The van der Waals surface area contributed by atoms with Crippen molar-refractivity contribution in [2.45, 2.75) is 13.5 Å². The van der Waals surface area contributed by atoms with Crippen molar-refractivity contribution in [1.82, 2.24) is 4.73 Å². The predicted molar refractivity (Wildman–Crippen MR) is 110 cm³/mol. The molecule has 0 atom stereocenters. The maximum atomic E-state index is 12.7. The van der Waals surface area contributed by atoms with E-state index in [0.29, 0.717) is 11.4 Å². The molecule has 7 nitrogen and oxygen atoms in total. The molecule has 0 saturated heterocycles. The van der Waals surface area contributed by atoms with Gasteiger partial charge in [-0.3, -0.25) is 9.59 Å². The lowest BCUT2D eigenvalue weighted by molar-refractivity contribution is 0.0863. The molecule has 1 heterocycles. The maximum Gasteiger partial charge on any atom is 0.295 e. The fourth-order valence-corrected chi connectivity index (χ4v) is 2.72. The first-order valence-electron chi connectivity index (χ1n) is 8.95. The van der Waals surface area contributed by atoms with Gasteiger partial charge in [0, 0.05) is 6.20 Å². The Hall–Kier alpha value is -3.74. The SMILES string of the molecule is COc1ccc(COn2cccc(C(=O)Nc3cc(C)ccc3OC)c2=O)cc1. The Morgan fingerprint density at radius 3 is 2.48 bits per heavy atom. The minimum Gasteiger partial charge on any atom is -0.497 e. The zero-order valence-electron chi connectivity index (χ0n) is 16.5. The average molecular weight is 394 g/mol. The van der Waals surface area contributed by atoms with Gasteiger partial charge in [-0.1, -0.05) is 18.2 Å². The zero-order chi connectivity index (χ0) is 20.8. The van der Waals surface area contributed by atoms with Crippen molar-refractivity contribution < 1.29 is 19.1 Å². The summed E-state index contributed by atoms with van der Waals surface area (Å²) in [6.45, 7) is 2.07. The molecule has 0 aliphatic carbocycles. The summed E-state index contributed by atoms with van der Waals surface area (Å²) in [5.41, 5.74) is 1.72. The molecule has 1 N–H and O–H groups in total. The van der Waals surface area contributed by atoms with Crippen LogP contribution in [0.1, 0.15) is 21.5 Å². The van der Waals surface area contributed by atoms with Crippen molar-refractivity contribution in [1.29, 1.82) is 0 Å². The number of anilines is 1. The van der Waals surface area contributed by atoms with Gasteiger partial charge in [0.2, 0.25) is 0 Å². The number of rotatable bonds is 7. The third-order valence-corrected chi connectivity index (χ3v) is 4.29. The number of carbonyl (C=O) groups is 1. The van der Waals surface area contributed by atoms with E-state index in [1.807, 2.05) is 25.1 Å². The van der Waals surface area contributed by atoms with Crippen LogP contribution in [-0.4, -0.2) is 24.9 Å². The quantitative estimate of drug-likeness (QED) is 0.666. The fraction of sp³-hybridized carbons (Fsp3) is 0.182. The molecule has 0 aliphatic rings. The number of benzene rings is 2. The van der Waals surface area contributed by atoms with Gasteiger partial charge in [0.15, 0.2) is 0 Å². The smallest absolute Gasteiger partial charge is 0.295 e. The second kappa shape index (κ2) is 8.97. The van der Waals surface area contributed by atoms with E-state index in [-0.39, 0.29) is 12.2 Å². The number of nitrogens with zero attached hydrogens (tertiary/aromatic N) is 1. The number of aryl methyl sites for hydroxylation is 1. The minimum absolute atomic E-state index is 0.0363. The number of aromatic nitrogens is 1. The second-order valence-electron chi connectivity index (χ2n) is 6.33. The second-order valence-corrected chi connectivity index (χ2v) is 6.33. The third-order valence-electron chi connectivity index (χ3n) is 4.29. The molecule has 0 aliphatic heterocycles. The molecular formula is C22H22N2O5. The highest BCUT2D eigenvalue weighted by atomic mass is 16.7. The molecule has 3 rings (SSSR count). The Kier molecular flexibility index (Phi) is 6.19. The number of hydrogen-bond acceptors (Lipinski definition) is 5. The van der Waals surface area contributed by atoms with Crippen LogP contribution in [0.15, 0.2) is 65.6 Å². The van der Waals surface area contributed by atoms with Crippen LogP contribution < -0.4 is 25.2 Å². The highest BCUT2D eigenvalue weighted by molar-refractivity contribution is 6.04. The van der Waals surface area contributed by atoms with Gasteiger partial charge >= 0.3 is 0 Å². The first-order chi connectivity index (χ1) is 14.0. The molecule has 3 aromatic rings. The maximum absolute atomic E-state index is 12.7. The number of ether oxygens (including phenoxy) is 2. The summed E-state index contributed by atoms with van der Waals surface area (Å²) >= 11 is 0. The first-order valence-corrected chi connectivity index (χ1v) is 8.95. The molecule has 0 radical (unpaired) electrons. The van der Waals surface area contributed by atoms with E-state index in [2.05, 4.69) is 5.32 Å². The molecule has 29 heavy (non-hydrogen) atoms. The van der Waals surface area contributed by atoms with E-state index in [4.69, 9.17) is 14.3 Å². The first kappa shape index (κ1) is 20.0. The molecule has 0 spiro atoms. The normalized spacial score (nSPS) is 10.3. The Morgan fingerprint density at radius 2 is 1.79 bits per heavy atom. The predicted octanol–water partition coefficient (Wildman–Crippen LogP) is 3.06. The van der Waals surface area contributed by atoms with Crippen LogP contribution >= 0.6 is 0 Å². The number of pyridine rings is 1. The molecule has 1 aromatic heterocycles. The van der Waals surface area contributed by atoms with E-state index < -0.39 is 11.5 Å². The Morgan fingerprint density at radius 1 is 1.03 bits per heavy atom. The van der Waals surface area contributed by atoms with Gasteiger partial charge in [0.25, 0.3) is 11.5 Å². The highest BCUT2D eigenvalue weighted by Gasteiger charge is 2.15. The van der Waals surface area contributed by atoms with Gasteiger partial charge < -0.3 is 19.6 Å². The lowest BCUT2D eigenvalue weighted by atomic mass is 10.2. The molecule has 7 heteroatoms.